The maximum Gasteiger partial charge on any atom is 0.412 e. The van der Waals surface area contributed by atoms with Gasteiger partial charge in [-0.15, -0.1) is 0 Å². The Bertz CT molecular complexity index is 986. The summed E-state index contributed by atoms with van der Waals surface area (Å²) in [4.78, 5) is 23.7. The number of carbonyl (C=O) groups is 1. The predicted octanol–water partition coefficient (Wildman–Crippen LogP) is 3.86. The van der Waals surface area contributed by atoms with E-state index in [1.165, 1.54) is 0 Å². The molecule has 6 heteroatoms. The maximum atomic E-state index is 11.9. The average molecular weight is 351 g/mol. The zero-order chi connectivity index (χ0) is 18.7. The van der Waals surface area contributed by atoms with Crippen molar-refractivity contribution in [2.75, 3.05) is 5.32 Å². The van der Waals surface area contributed by atoms with Gasteiger partial charge in [0.1, 0.15) is 5.60 Å². The van der Waals surface area contributed by atoms with Gasteiger partial charge in [-0.3, -0.25) is 10.1 Å². The number of nitrogens with one attached hydrogen (secondary N) is 2. The van der Waals surface area contributed by atoms with Crippen LogP contribution in [-0.4, -0.2) is 21.9 Å². The zero-order valence-corrected chi connectivity index (χ0v) is 15.0. The lowest BCUT2D eigenvalue weighted by molar-refractivity contribution is 0.0636. The van der Waals surface area contributed by atoms with Crippen molar-refractivity contribution < 1.29 is 9.53 Å². The van der Waals surface area contributed by atoms with Crippen LogP contribution >= 0.6 is 0 Å². The van der Waals surface area contributed by atoms with Crippen molar-refractivity contribution in [1.82, 2.24) is 10.2 Å². The highest BCUT2D eigenvalue weighted by Gasteiger charge is 2.16. The van der Waals surface area contributed by atoms with Gasteiger partial charge in [0.05, 0.1) is 11.1 Å². The van der Waals surface area contributed by atoms with E-state index in [0.717, 1.165) is 16.6 Å². The van der Waals surface area contributed by atoms with Crippen molar-refractivity contribution in [3.8, 4) is 0 Å². The molecule has 0 saturated carbocycles. The van der Waals surface area contributed by atoms with Crippen LogP contribution in [-0.2, 0) is 11.2 Å². The van der Waals surface area contributed by atoms with E-state index >= 15 is 0 Å². The fourth-order valence-electron chi connectivity index (χ4n) is 2.63. The summed E-state index contributed by atoms with van der Waals surface area (Å²) >= 11 is 0. The lowest BCUT2D eigenvalue weighted by Gasteiger charge is -2.19. The molecule has 3 rings (SSSR count). The summed E-state index contributed by atoms with van der Waals surface area (Å²) in [5.41, 5.74) is 1.74. The van der Waals surface area contributed by atoms with E-state index in [1.807, 2.05) is 63.2 Å². The van der Waals surface area contributed by atoms with Gasteiger partial charge in [0.25, 0.3) is 5.56 Å². The number of rotatable bonds is 3. The van der Waals surface area contributed by atoms with Gasteiger partial charge in [-0.05, 0) is 44.5 Å². The third kappa shape index (κ3) is 4.27. The number of hydrogen-bond acceptors (Lipinski definition) is 4. The highest BCUT2D eigenvalue weighted by atomic mass is 16.6. The summed E-state index contributed by atoms with van der Waals surface area (Å²) in [5.74, 6) is 0. The predicted molar refractivity (Wildman–Crippen MR) is 101 cm³/mol. The van der Waals surface area contributed by atoms with Crippen molar-refractivity contribution in [3.63, 3.8) is 0 Å². The first-order chi connectivity index (χ1) is 12.3. The Balaban J connectivity index is 1.75. The number of aromatic amines is 1. The summed E-state index contributed by atoms with van der Waals surface area (Å²) in [6, 6.07) is 14.8. The van der Waals surface area contributed by atoms with Crippen LogP contribution in [0.25, 0.3) is 10.8 Å². The standard InChI is InChI=1S/C20H21N3O3/c1-20(2,3)26-19(25)21-14-10-8-13(9-11-14)12-17-15-6-4-5-7-16(15)18(24)23-22-17/h4-11H,12H2,1-3H3,(H,21,25)(H,23,24). The van der Waals surface area contributed by atoms with Gasteiger partial charge in [-0.2, -0.15) is 5.10 Å². The van der Waals surface area contributed by atoms with Gasteiger partial charge in [-0.25, -0.2) is 9.89 Å². The van der Waals surface area contributed by atoms with Crippen molar-refractivity contribution in [3.05, 3.63) is 70.1 Å². The number of H-pyrrole nitrogens is 1. The third-order valence-corrected chi connectivity index (χ3v) is 3.75. The molecule has 1 heterocycles. The van der Waals surface area contributed by atoms with E-state index in [4.69, 9.17) is 4.74 Å². The SMILES string of the molecule is CC(C)(C)OC(=O)Nc1ccc(Cc2n[nH]c(=O)c3ccccc23)cc1. The molecule has 0 unspecified atom stereocenters. The van der Waals surface area contributed by atoms with E-state index < -0.39 is 11.7 Å². The minimum Gasteiger partial charge on any atom is -0.444 e. The van der Waals surface area contributed by atoms with Gasteiger partial charge < -0.3 is 4.74 Å². The summed E-state index contributed by atoms with van der Waals surface area (Å²) in [6.07, 6.45) is 0.0860. The monoisotopic (exact) mass is 351 g/mol. The topological polar surface area (TPSA) is 84.1 Å². The largest absolute Gasteiger partial charge is 0.444 e. The molecule has 0 saturated heterocycles. The van der Waals surface area contributed by atoms with Gasteiger partial charge in [-0.1, -0.05) is 30.3 Å². The van der Waals surface area contributed by atoms with E-state index in [2.05, 4.69) is 15.5 Å². The number of anilines is 1. The Morgan fingerprint density at radius 1 is 1.08 bits per heavy atom. The number of ether oxygens (including phenoxy) is 1. The van der Waals surface area contributed by atoms with Gasteiger partial charge in [0.15, 0.2) is 0 Å². The van der Waals surface area contributed by atoms with Crippen LogP contribution in [0.1, 0.15) is 32.0 Å². The van der Waals surface area contributed by atoms with Gasteiger partial charge in [0.2, 0.25) is 0 Å². The minimum atomic E-state index is -0.541. The number of nitrogens with zero attached hydrogens (tertiary/aromatic N) is 1. The highest BCUT2D eigenvalue weighted by Crippen LogP contribution is 2.18. The molecule has 0 spiro atoms. The Labute approximate surface area is 151 Å². The lowest BCUT2D eigenvalue weighted by atomic mass is 10.0. The second-order valence-corrected chi connectivity index (χ2v) is 7.05. The van der Waals surface area contributed by atoms with Crippen LogP contribution in [0.15, 0.2) is 53.3 Å². The summed E-state index contributed by atoms with van der Waals surface area (Å²) < 4.78 is 5.23. The second kappa shape index (κ2) is 7.00. The number of carbonyl (C=O) groups excluding carboxylic acids is 1. The summed E-state index contributed by atoms with van der Waals surface area (Å²) in [6.45, 7) is 5.45. The van der Waals surface area contributed by atoms with Crippen molar-refractivity contribution in [2.24, 2.45) is 0 Å². The molecule has 0 aliphatic rings. The van der Waals surface area contributed by atoms with Crippen molar-refractivity contribution in [2.45, 2.75) is 32.8 Å². The van der Waals surface area contributed by atoms with E-state index in [0.29, 0.717) is 17.5 Å². The van der Waals surface area contributed by atoms with Crippen LogP contribution in [0.3, 0.4) is 0 Å². The molecule has 0 bridgehead atoms. The number of fused-ring (bicyclic) bond motifs is 1. The normalized spacial score (nSPS) is 11.3. The van der Waals surface area contributed by atoms with E-state index in [9.17, 15) is 9.59 Å². The van der Waals surface area contributed by atoms with Crippen molar-refractivity contribution in [1.29, 1.82) is 0 Å². The molecule has 0 atom stereocenters. The maximum absolute atomic E-state index is 11.9. The quantitative estimate of drug-likeness (QED) is 0.750. The zero-order valence-electron chi connectivity index (χ0n) is 15.0. The average Bonchev–Trinajstić information content (AvgIpc) is 2.58. The molecule has 0 aliphatic heterocycles. The molecule has 1 aromatic heterocycles. The molecular formula is C20H21N3O3. The number of hydrogen-bond donors (Lipinski definition) is 2. The fourth-order valence-corrected chi connectivity index (χ4v) is 2.63. The molecule has 2 N–H and O–H groups in total. The second-order valence-electron chi connectivity index (χ2n) is 7.05. The first-order valence-corrected chi connectivity index (χ1v) is 8.37. The van der Waals surface area contributed by atoms with Crippen molar-refractivity contribution >= 4 is 22.6 Å². The molecule has 26 heavy (non-hydrogen) atoms. The first-order valence-electron chi connectivity index (χ1n) is 8.37. The van der Waals surface area contributed by atoms with Crippen LogP contribution < -0.4 is 10.9 Å². The highest BCUT2D eigenvalue weighted by molar-refractivity contribution is 5.85. The van der Waals surface area contributed by atoms with Gasteiger partial charge in [0, 0.05) is 17.5 Å². The molecule has 0 aliphatic carbocycles. The van der Waals surface area contributed by atoms with E-state index in [-0.39, 0.29) is 5.56 Å². The van der Waals surface area contributed by atoms with Gasteiger partial charge >= 0.3 is 6.09 Å². The van der Waals surface area contributed by atoms with E-state index in [1.54, 1.807) is 6.07 Å². The third-order valence-electron chi connectivity index (χ3n) is 3.75. The number of benzene rings is 2. The number of aromatic nitrogens is 2. The molecule has 0 radical (unpaired) electrons. The molecule has 6 nitrogen and oxygen atoms in total. The summed E-state index contributed by atoms with van der Waals surface area (Å²) in [7, 11) is 0. The smallest absolute Gasteiger partial charge is 0.412 e. The van der Waals surface area contributed by atoms with Crippen LogP contribution in [0.4, 0.5) is 10.5 Å². The Hall–Kier alpha value is -3.15. The molecule has 134 valence electrons. The molecule has 1 amide bonds. The summed E-state index contributed by atoms with van der Waals surface area (Å²) in [5, 5.41) is 10.9. The molecule has 3 aromatic rings. The lowest BCUT2D eigenvalue weighted by Crippen LogP contribution is -2.27. The molecule has 2 aromatic carbocycles. The molecule has 0 fully saturated rings. The minimum absolute atomic E-state index is 0.193. The first kappa shape index (κ1) is 17.7. The van der Waals surface area contributed by atoms with Crippen LogP contribution in [0, 0.1) is 0 Å². The Morgan fingerprint density at radius 3 is 2.38 bits per heavy atom. The number of amides is 1. The van der Waals surface area contributed by atoms with Crippen LogP contribution in [0.5, 0.6) is 0 Å². The fraction of sp³-hybridized carbons (Fsp3) is 0.250. The Morgan fingerprint density at radius 2 is 1.73 bits per heavy atom. The Kier molecular flexibility index (Phi) is 4.75. The van der Waals surface area contributed by atoms with Crippen LogP contribution in [0.2, 0.25) is 0 Å². The molecular weight excluding hydrogens is 330 g/mol.